The van der Waals surface area contributed by atoms with Crippen molar-refractivity contribution in [2.45, 2.75) is 33.2 Å². The van der Waals surface area contributed by atoms with Crippen LogP contribution in [-0.4, -0.2) is 0 Å². The van der Waals surface area contributed by atoms with Gasteiger partial charge >= 0.3 is 0 Å². The number of aryl methyl sites for hydroxylation is 1. The van der Waals surface area contributed by atoms with Gasteiger partial charge in [-0.15, -0.1) is 0 Å². The summed E-state index contributed by atoms with van der Waals surface area (Å²) < 4.78 is 13.2. The Labute approximate surface area is 120 Å². The van der Waals surface area contributed by atoms with Crippen molar-refractivity contribution in [3.63, 3.8) is 0 Å². The Hall–Kier alpha value is -1.83. The van der Waals surface area contributed by atoms with Crippen molar-refractivity contribution in [3.8, 4) is 0 Å². The van der Waals surface area contributed by atoms with Crippen LogP contribution in [0.3, 0.4) is 0 Å². The summed E-state index contributed by atoms with van der Waals surface area (Å²) in [5.74, 6) is 0.404. The fourth-order valence-corrected chi connectivity index (χ4v) is 2.41. The normalized spacial score (nSPS) is 12.4. The predicted molar refractivity (Wildman–Crippen MR) is 83.4 cm³/mol. The molecule has 0 aliphatic rings. The first-order chi connectivity index (χ1) is 9.56. The van der Waals surface area contributed by atoms with E-state index in [0.29, 0.717) is 5.92 Å². The number of rotatable bonds is 5. The Bertz CT molecular complexity index is 549. The van der Waals surface area contributed by atoms with E-state index < -0.39 is 0 Å². The van der Waals surface area contributed by atoms with Gasteiger partial charge < -0.3 is 5.32 Å². The van der Waals surface area contributed by atoms with E-state index in [1.807, 2.05) is 19.1 Å². The Morgan fingerprint density at radius 3 is 2.35 bits per heavy atom. The lowest BCUT2D eigenvalue weighted by Gasteiger charge is -2.23. The van der Waals surface area contributed by atoms with E-state index in [1.54, 1.807) is 6.07 Å². The van der Waals surface area contributed by atoms with Crippen LogP contribution in [-0.2, 0) is 0 Å². The number of hydrogen-bond donors (Lipinski definition) is 1. The standard InChI is InChI=1S/C18H22FN/c1-13(2)11-18(15-7-5-4-6-8-15)20-17-10-9-16(19)12-14(17)3/h4-10,12-13,18,20H,11H2,1-3H3. The number of benzene rings is 2. The van der Waals surface area contributed by atoms with E-state index in [2.05, 4.69) is 43.4 Å². The first-order valence-corrected chi connectivity index (χ1v) is 7.14. The second kappa shape index (κ2) is 6.56. The molecular weight excluding hydrogens is 249 g/mol. The van der Waals surface area contributed by atoms with Crippen molar-refractivity contribution >= 4 is 5.69 Å². The van der Waals surface area contributed by atoms with Gasteiger partial charge in [0, 0.05) is 5.69 Å². The molecule has 0 radical (unpaired) electrons. The molecule has 0 bridgehead atoms. The Morgan fingerprint density at radius 2 is 1.75 bits per heavy atom. The average Bonchev–Trinajstić information content (AvgIpc) is 2.41. The van der Waals surface area contributed by atoms with Crippen LogP contribution in [0.2, 0.25) is 0 Å². The molecule has 106 valence electrons. The van der Waals surface area contributed by atoms with Crippen molar-refractivity contribution in [1.29, 1.82) is 0 Å². The molecule has 1 N–H and O–H groups in total. The average molecular weight is 271 g/mol. The fraction of sp³-hybridized carbons (Fsp3) is 0.333. The zero-order chi connectivity index (χ0) is 14.5. The van der Waals surface area contributed by atoms with Gasteiger partial charge in [0.25, 0.3) is 0 Å². The van der Waals surface area contributed by atoms with Crippen LogP contribution in [0, 0.1) is 18.7 Å². The quantitative estimate of drug-likeness (QED) is 0.774. The fourth-order valence-electron chi connectivity index (χ4n) is 2.41. The van der Waals surface area contributed by atoms with Gasteiger partial charge in [0.1, 0.15) is 5.82 Å². The van der Waals surface area contributed by atoms with E-state index in [-0.39, 0.29) is 11.9 Å². The highest BCUT2D eigenvalue weighted by atomic mass is 19.1. The van der Waals surface area contributed by atoms with E-state index in [0.717, 1.165) is 17.7 Å². The minimum Gasteiger partial charge on any atom is -0.378 e. The highest BCUT2D eigenvalue weighted by molar-refractivity contribution is 5.52. The van der Waals surface area contributed by atoms with Gasteiger partial charge in [-0.3, -0.25) is 0 Å². The molecule has 1 nitrogen and oxygen atoms in total. The molecule has 20 heavy (non-hydrogen) atoms. The van der Waals surface area contributed by atoms with Crippen LogP contribution >= 0.6 is 0 Å². The summed E-state index contributed by atoms with van der Waals surface area (Å²) in [6.07, 6.45) is 1.04. The van der Waals surface area contributed by atoms with Gasteiger partial charge in [-0.25, -0.2) is 4.39 Å². The molecule has 0 saturated carbocycles. The highest BCUT2D eigenvalue weighted by Gasteiger charge is 2.14. The topological polar surface area (TPSA) is 12.0 Å². The molecule has 0 saturated heterocycles. The Morgan fingerprint density at radius 1 is 1.05 bits per heavy atom. The molecule has 0 aromatic heterocycles. The molecule has 0 amide bonds. The smallest absolute Gasteiger partial charge is 0.123 e. The number of hydrogen-bond acceptors (Lipinski definition) is 1. The highest BCUT2D eigenvalue weighted by Crippen LogP contribution is 2.27. The number of nitrogens with one attached hydrogen (secondary N) is 1. The maximum Gasteiger partial charge on any atom is 0.123 e. The van der Waals surface area contributed by atoms with Crippen LogP contribution in [0.25, 0.3) is 0 Å². The molecule has 0 aliphatic heterocycles. The van der Waals surface area contributed by atoms with E-state index in [4.69, 9.17) is 0 Å². The van der Waals surface area contributed by atoms with Gasteiger partial charge in [0.15, 0.2) is 0 Å². The van der Waals surface area contributed by atoms with Crippen LogP contribution < -0.4 is 5.32 Å². The SMILES string of the molecule is Cc1cc(F)ccc1NC(CC(C)C)c1ccccc1. The lowest BCUT2D eigenvalue weighted by atomic mass is 9.96. The third-order valence-electron chi connectivity index (χ3n) is 3.43. The second-order valence-corrected chi connectivity index (χ2v) is 5.70. The molecule has 0 heterocycles. The monoisotopic (exact) mass is 271 g/mol. The summed E-state index contributed by atoms with van der Waals surface area (Å²) in [5.41, 5.74) is 3.21. The largest absolute Gasteiger partial charge is 0.378 e. The lowest BCUT2D eigenvalue weighted by Crippen LogP contribution is -2.14. The van der Waals surface area contributed by atoms with E-state index in [1.165, 1.54) is 11.6 Å². The third-order valence-corrected chi connectivity index (χ3v) is 3.43. The van der Waals surface area contributed by atoms with Gasteiger partial charge in [-0.1, -0.05) is 44.2 Å². The summed E-state index contributed by atoms with van der Waals surface area (Å²) >= 11 is 0. The third kappa shape index (κ3) is 3.83. The second-order valence-electron chi connectivity index (χ2n) is 5.70. The molecule has 2 heteroatoms. The zero-order valence-electron chi connectivity index (χ0n) is 12.4. The summed E-state index contributed by atoms with van der Waals surface area (Å²) in [4.78, 5) is 0. The molecule has 0 fully saturated rings. The number of anilines is 1. The Kier molecular flexibility index (Phi) is 4.78. The summed E-state index contributed by atoms with van der Waals surface area (Å²) in [6, 6.07) is 15.6. The summed E-state index contributed by atoms with van der Waals surface area (Å²) in [5, 5.41) is 3.56. The van der Waals surface area contributed by atoms with E-state index in [9.17, 15) is 4.39 Å². The van der Waals surface area contributed by atoms with Crippen LogP contribution in [0.5, 0.6) is 0 Å². The van der Waals surface area contributed by atoms with Crippen LogP contribution in [0.1, 0.15) is 37.4 Å². The maximum absolute atomic E-state index is 13.2. The van der Waals surface area contributed by atoms with Gasteiger partial charge in [0.2, 0.25) is 0 Å². The van der Waals surface area contributed by atoms with Gasteiger partial charge in [-0.2, -0.15) is 0 Å². The molecular formula is C18H22FN. The molecule has 2 aromatic carbocycles. The molecule has 2 aromatic rings. The Balaban J connectivity index is 2.24. The molecule has 0 spiro atoms. The minimum atomic E-state index is -0.187. The molecule has 2 rings (SSSR count). The first-order valence-electron chi connectivity index (χ1n) is 7.14. The van der Waals surface area contributed by atoms with Crippen LogP contribution in [0.15, 0.2) is 48.5 Å². The predicted octanol–water partition coefficient (Wildman–Crippen LogP) is 5.33. The van der Waals surface area contributed by atoms with Crippen molar-refractivity contribution in [2.24, 2.45) is 5.92 Å². The van der Waals surface area contributed by atoms with Crippen molar-refractivity contribution in [3.05, 3.63) is 65.5 Å². The molecule has 0 aliphatic carbocycles. The van der Waals surface area contributed by atoms with Crippen LogP contribution in [0.4, 0.5) is 10.1 Å². The molecule has 1 unspecified atom stereocenters. The number of halogens is 1. The van der Waals surface area contributed by atoms with E-state index >= 15 is 0 Å². The zero-order valence-corrected chi connectivity index (χ0v) is 12.4. The molecule has 1 atom stereocenters. The van der Waals surface area contributed by atoms with Crippen molar-refractivity contribution < 1.29 is 4.39 Å². The minimum absolute atomic E-state index is 0.187. The van der Waals surface area contributed by atoms with Gasteiger partial charge in [-0.05, 0) is 48.6 Å². The summed E-state index contributed by atoms with van der Waals surface area (Å²) in [6.45, 7) is 6.37. The first kappa shape index (κ1) is 14.6. The lowest BCUT2D eigenvalue weighted by molar-refractivity contribution is 0.530. The van der Waals surface area contributed by atoms with Crippen molar-refractivity contribution in [1.82, 2.24) is 0 Å². The maximum atomic E-state index is 13.2. The summed E-state index contributed by atoms with van der Waals surface area (Å²) in [7, 11) is 0. The van der Waals surface area contributed by atoms with Crippen molar-refractivity contribution in [2.75, 3.05) is 5.32 Å². The van der Waals surface area contributed by atoms with Gasteiger partial charge in [0.05, 0.1) is 6.04 Å².